The Labute approximate surface area is 95.7 Å². The largest absolute Gasteiger partial charge is 0.366 e. The van der Waals surface area contributed by atoms with Gasteiger partial charge in [0.25, 0.3) is 5.91 Å². The van der Waals surface area contributed by atoms with E-state index in [-0.39, 0.29) is 5.56 Å². The topological polar surface area (TPSA) is 43.1 Å². The van der Waals surface area contributed by atoms with E-state index in [4.69, 9.17) is 5.73 Å². The predicted octanol–water partition coefficient (Wildman–Crippen LogP) is 3.05. The Morgan fingerprint density at radius 1 is 1.31 bits per heavy atom. The number of amides is 1. The molecule has 3 heteroatoms. The average Bonchev–Trinajstić information content (AvgIpc) is 2.26. The molecule has 0 aromatic heterocycles. The molecule has 0 unspecified atom stereocenters. The van der Waals surface area contributed by atoms with E-state index < -0.39 is 11.7 Å². The smallest absolute Gasteiger partial charge is 0.251 e. The molecule has 0 saturated heterocycles. The molecule has 1 rings (SSSR count). The van der Waals surface area contributed by atoms with Crippen molar-refractivity contribution in [2.24, 2.45) is 5.73 Å². The zero-order valence-electron chi connectivity index (χ0n) is 9.63. The van der Waals surface area contributed by atoms with Crippen LogP contribution in [0.2, 0.25) is 0 Å². The van der Waals surface area contributed by atoms with E-state index in [1.54, 1.807) is 12.1 Å². The van der Waals surface area contributed by atoms with Gasteiger partial charge >= 0.3 is 0 Å². The van der Waals surface area contributed by atoms with E-state index in [0.717, 1.165) is 25.7 Å². The van der Waals surface area contributed by atoms with Crippen molar-refractivity contribution in [1.82, 2.24) is 0 Å². The summed E-state index contributed by atoms with van der Waals surface area (Å²) < 4.78 is 13.7. The molecule has 0 fully saturated rings. The molecule has 16 heavy (non-hydrogen) atoms. The summed E-state index contributed by atoms with van der Waals surface area (Å²) in [7, 11) is 0. The van der Waals surface area contributed by atoms with Crippen molar-refractivity contribution in [1.29, 1.82) is 0 Å². The fraction of sp³-hybridized carbons (Fsp3) is 0.462. The van der Waals surface area contributed by atoms with Gasteiger partial charge in [-0.05, 0) is 24.5 Å². The van der Waals surface area contributed by atoms with Crippen LogP contribution in [0.15, 0.2) is 18.2 Å². The predicted molar refractivity (Wildman–Crippen MR) is 62.8 cm³/mol. The number of unbranched alkanes of at least 4 members (excludes halogenated alkanes) is 3. The number of halogens is 1. The summed E-state index contributed by atoms with van der Waals surface area (Å²) in [6, 6.07) is 4.82. The SMILES string of the molecule is CCCCCCc1cccc(C(N)=O)c1F. The molecule has 1 aromatic carbocycles. The third kappa shape index (κ3) is 3.33. The molecule has 0 radical (unpaired) electrons. The highest BCUT2D eigenvalue weighted by Gasteiger charge is 2.11. The van der Waals surface area contributed by atoms with Gasteiger partial charge in [0.1, 0.15) is 5.82 Å². The van der Waals surface area contributed by atoms with Gasteiger partial charge in [-0.1, -0.05) is 38.3 Å². The van der Waals surface area contributed by atoms with Gasteiger partial charge in [0.2, 0.25) is 0 Å². The summed E-state index contributed by atoms with van der Waals surface area (Å²) in [4.78, 5) is 10.9. The third-order valence-corrected chi connectivity index (χ3v) is 2.64. The van der Waals surface area contributed by atoms with Crippen LogP contribution in [0, 0.1) is 5.82 Å². The van der Waals surface area contributed by atoms with E-state index in [1.165, 1.54) is 6.07 Å². The van der Waals surface area contributed by atoms with Gasteiger partial charge in [0.15, 0.2) is 0 Å². The Morgan fingerprint density at radius 2 is 2.06 bits per heavy atom. The van der Waals surface area contributed by atoms with E-state index in [2.05, 4.69) is 6.92 Å². The van der Waals surface area contributed by atoms with Crippen LogP contribution < -0.4 is 5.73 Å². The Hall–Kier alpha value is -1.38. The fourth-order valence-corrected chi connectivity index (χ4v) is 1.71. The average molecular weight is 223 g/mol. The lowest BCUT2D eigenvalue weighted by Gasteiger charge is -2.05. The number of carbonyl (C=O) groups is 1. The molecule has 2 nitrogen and oxygen atoms in total. The summed E-state index contributed by atoms with van der Waals surface area (Å²) in [6.45, 7) is 2.13. The number of nitrogens with two attached hydrogens (primary N) is 1. The van der Waals surface area contributed by atoms with Crippen LogP contribution in [-0.2, 0) is 6.42 Å². The fourth-order valence-electron chi connectivity index (χ4n) is 1.71. The Kier molecular flexibility index (Phi) is 4.96. The van der Waals surface area contributed by atoms with E-state index in [9.17, 15) is 9.18 Å². The second kappa shape index (κ2) is 6.26. The Balaban J connectivity index is 2.66. The lowest BCUT2D eigenvalue weighted by molar-refractivity contribution is 0.0996. The van der Waals surface area contributed by atoms with E-state index in [0.29, 0.717) is 12.0 Å². The second-order valence-electron chi connectivity index (χ2n) is 3.95. The maximum Gasteiger partial charge on any atom is 0.251 e. The van der Waals surface area contributed by atoms with Crippen LogP contribution in [0.3, 0.4) is 0 Å². The van der Waals surface area contributed by atoms with Gasteiger partial charge in [-0.25, -0.2) is 4.39 Å². The Bertz CT molecular complexity index is 363. The number of hydrogen-bond acceptors (Lipinski definition) is 1. The number of hydrogen-bond donors (Lipinski definition) is 1. The monoisotopic (exact) mass is 223 g/mol. The second-order valence-corrected chi connectivity index (χ2v) is 3.95. The van der Waals surface area contributed by atoms with Gasteiger partial charge < -0.3 is 5.73 Å². The standard InChI is InChI=1S/C13H18FNO/c1-2-3-4-5-7-10-8-6-9-11(12(10)14)13(15)16/h6,8-9H,2-5,7H2,1H3,(H2,15,16). The van der Waals surface area contributed by atoms with Gasteiger partial charge in [-0.3, -0.25) is 4.79 Å². The number of benzene rings is 1. The molecule has 0 heterocycles. The van der Waals surface area contributed by atoms with Crippen molar-refractivity contribution in [2.45, 2.75) is 39.0 Å². The zero-order valence-corrected chi connectivity index (χ0v) is 9.63. The molecule has 0 aliphatic rings. The van der Waals surface area contributed by atoms with Gasteiger partial charge in [-0.2, -0.15) is 0 Å². The molecule has 0 aliphatic carbocycles. The quantitative estimate of drug-likeness (QED) is 0.740. The molecular weight excluding hydrogens is 205 g/mol. The lowest BCUT2D eigenvalue weighted by Crippen LogP contribution is -2.14. The van der Waals surface area contributed by atoms with Crippen LogP contribution in [0.1, 0.15) is 48.5 Å². The number of rotatable bonds is 6. The first-order chi connectivity index (χ1) is 7.66. The minimum absolute atomic E-state index is 0.00649. The number of carbonyl (C=O) groups excluding carboxylic acids is 1. The molecule has 0 bridgehead atoms. The van der Waals surface area contributed by atoms with Gasteiger partial charge in [0, 0.05) is 0 Å². The van der Waals surface area contributed by atoms with Crippen molar-refractivity contribution in [3.63, 3.8) is 0 Å². The molecule has 1 amide bonds. The highest BCUT2D eigenvalue weighted by atomic mass is 19.1. The van der Waals surface area contributed by atoms with Crippen molar-refractivity contribution in [3.8, 4) is 0 Å². The van der Waals surface area contributed by atoms with E-state index in [1.807, 2.05) is 0 Å². The molecule has 2 N–H and O–H groups in total. The molecule has 88 valence electrons. The summed E-state index contributed by atoms with van der Waals surface area (Å²) in [5.74, 6) is -1.15. The number of aryl methyl sites for hydroxylation is 1. The van der Waals surface area contributed by atoms with Crippen LogP contribution in [-0.4, -0.2) is 5.91 Å². The zero-order chi connectivity index (χ0) is 12.0. The molecule has 0 spiro atoms. The molecule has 0 aliphatic heterocycles. The summed E-state index contributed by atoms with van der Waals surface area (Å²) in [6.07, 6.45) is 5.04. The van der Waals surface area contributed by atoms with Crippen molar-refractivity contribution >= 4 is 5.91 Å². The van der Waals surface area contributed by atoms with Gasteiger partial charge in [0.05, 0.1) is 5.56 Å². The maximum atomic E-state index is 13.7. The highest BCUT2D eigenvalue weighted by Crippen LogP contribution is 2.15. The summed E-state index contributed by atoms with van der Waals surface area (Å²) in [5, 5.41) is 0. The van der Waals surface area contributed by atoms with Crippen LogP contribution in [0.5, 0.6) is 0 Å². The maximum absolute atomic E-state index is 13.7. The molecule has 0 atom stereocenters. The summed E-state index contributed by atoms with van der Waals surface area (Å²) in [5.41, 5.74) is 5.66. The minimum atomic E-state index is -0.701. The third-order valence-electron chi connectivity index (χ3n) is 2.64. The van der Waals surface area contributed by atoms with E-state index >= 15 is 0 Å². The minimum Gasteiger partial charge on any atom is -0.366 e. The molecule has 0 saturated carbocycles. The van der Waals surface area contributed by atoms with Crippen molar-refractivity contribution in [2.75, 3.05) is 0 Å². The lowest BCUT2D eigenvalue weighted by atomic mass is 10.0. The first kappa shape index (κ1) is 12.7. The first-order valence-corrected chi connectivity index (χ1v) is 5.74. The van der Waals surface area contributed by atoms with Crippen LogP contribution in [0.25, 0.3) is 0 Å². The summed E-state index contributed by atoms with van der Waals surface area (Å²) >= 11 is 0. The van der Waals surface area contributed by atoms with Gasteiger partial charge in [-0.15, -0.1) is 0 Å². The molecule has 1 aromatic rings. The van der Waals surface area contributed by atoms with Crippen LogP contribution >= 0.6 is 0 Å². The molecular formula is C13H18FNO. The first-order valence-electron chi connectivity index (χ1n) is 5.74. The highest BCUT2D eigenvalue weighted by molar-refractivity contribution is 5.93. The van der Waals surface area contributed by atoms with Crippen molar-refractivity contribution < 1.29 is 9.18 Å². The number of primary amides is 1. The van der Waals surface area contributed by atoms with Crippen LogP contribution in [0.4, 0.5) is 4.39 Å². The normalized spacial score (nSPS) is 10.4. The van der Waals surface area contributed by atoms with Crippen molar-refractivity contribution in [3.05, 3.63) is 35.1 Å². The Morgan fingerprint density at radius 3 is 2.69 bits per heavy atom.